The zero-order valence-corrected chi connectivity index (χ0v) is 19.2. The van der Waals surface area contributed by atoms with Crippen LogP contribution in [0, 0.1) is 5.92 Å². The number of hydrogen-bond donors (Lipinski definition) is 1. The van der Waals surface area contributed by atoms with Crippen LogP contribution in [-0.2, 0) is 6.54 Å². The average molecular weight is 460 g/mol. The molecule has 1 fully saturated rings. The van der Waals surface area contributed by atoms with E-state index in [1.165, 1.54) is 28.9 Å². The highest BCUT2D eigenvalue weighted by atomic mass is 32.1. The molecule has 5 rings (SSSR count). The third-order valence-corrected chi connectivity index (χ3v) is 6.73. The molecule has 168 valence electrons. The van der Waals surface area contributed by atoms with E-state index in [0.29, 0.717) is 27.5 Å². The van der Waals surface area contributed by atoms with Crippen molar-refractivity contribution in [2.75, 3.05) is 18.4 Å². The Balaban J connectivity index is 1.43. The molecule has 4 aromatic rings. The lowest BCUT2D eigenvalue weighted by atomic mass is 10.0. The molecule has 0 radical (unpaired) electrons. The first-order chi connectivity index (χ1) is 16.1. The zero-order chi connectivity index (χ0) is 22.8. The SMILES string of the molecule is CC1CCCN(Cc2csc(NC(=O)c3nn(-c4ccccc4)c(=O)c4ccccc34)n2)C1. The maximum atomic E-state index is 13.2. The summed E-state index contributed by atoms with van der Waals surface area (Å²) in [5.74, 6) is 0.319. The molecule has 2 aromatic heterocycles. The molecule has 0 spiro atoms. The first-order valence-corrected chi connectivity index (χ1v) is 12.0. The Morgan fingerprint density at radius 1 is 1.12 bits per heavy atom. The Morgan fingerprint density at radius 3 is 2.67 bits per heavy atom. The van der Waals surface area contributed by atoms with Crippen LogP contribution in [0.4, 0.5) is 5.13 Å². The van der Waals surface area contributed by atoms with Crippen molar-refractivity contribution >= 4 is 33.1 Å². The van der Waals surface area contributed by atoms with Gasteiger partial charge in [-0.3, -0.25) is 19.8 Å². The normalized spacial score (nSPS) is 16.7. The Morgan fingerprint density at radius 2 is 1.88 bits per heavy atom. The fraction of sp³-hybridized carbons (Fsp3) is 0.280. The van der Waals surface area contributed by atoms with Crippen LogP contribution in [-0.4, -0.2) is 38.7 Å². The first kappa shape index (κ1) is 21.5. The molecular formula is C25H25N5O2S. The molecule has 1 saturated heterocycles. The van der Waals surface area contributed by atoms with Crippen LogP contribution >= 0.6 is 11.3 Å². The number of likely N-dealkylation sites (tertiary alicyclic amines) is 1. The molecule has 0 aliphatic carbocycles. The van der Waals surface area contributed by atoms with Gasteiger partial charge >= 0.3 is 0 Å². The summed E-state index contributed by atoms with van der Waals surface area (Å²) in [5.41, 5.74) is 1.49. The molecule has 1 amide bonds. The lowest BCUT2D eigenvalue weighted by Gasteiger charge is -2.30. The van der Waals surface area contributed by atoms with Gasteiger partial charge in [-0.05, 0) is 43.5 Å². The van der Waals surface area contributed by atoms with E-state index >= 15 is 0 Å². The van der Waals surface area contributed by atoms with Gasteiger partial charge in [0, 0.05) is 23.9 Å². The number of benzene rings is 2. The number of para-hydroxylation sites is 1. The van der Waals surface area contributed by atoms with E-state index in [0.717, 1.165) is 25.3 Å². The number of fused-ring (bicyclic) bond motifs is 1. The minimum Gasteiger partial charge on any atom is -0.297 e. The van der Waals surface area contributed by atoms with Crippen LogP contribution in [0.3, 0.4) is 0 Å². The summed E-state index contributed by atoms with van der Waals surface area (Å²) in [6, 6.07) is 16.2. The van der Waals surface area contributed by atoms with Crippen LogP contribution < -0.4 is 10.9 Å². The number of rotatable bonds is 5. The summed E-state index contributed by atoms with van der Waals surface area (Å²) in [5, 5.41) is 10.8. The summed E-state index contributed by atoms with van der Waals surface area (Å²) < 4.78 is 1.28. The average Bonchev–Trinajstić information content (AvgIpc) is 3.26. The molecule has 0 bridgehead atoms. The van der Waals surface area contributed by atoms with Crippen molar-refractivity contribution in [3.63, 3.8) is 0 Å². The van der Waals surface area contributed by atoms with E-state index in [1.54, 1.807) is 36.4 Å². The second-order valence-corrected chi connectivity index (χ2v) is 9.39. The van der Waals surface area contributed by atoms with Crippen molar-refractivity contribution in [2.45, 2.75) is 26.3 Å². The highest BCUT2D eigenvalue weighted by molar-refractivity contribution is 7.14. The monoisotopic (exact) mass is 459 g/mol. The van der Waals surface area contributed by atoms with Crippen molar-refractivity contribution in [3.05, 3.63) is 81.7 Å². The predicted molar refractivity (Wildman–Crippen MR) is 131 cm³/mol. The molecule has 8 heteroatoms. The first-order valence-electron chi connectivity index (χ1n) is 11.1. The van der Waals surface area contributed by atoms with E-state index in [2.05, 4.69) is 27.2 Å². The van der Waals surface area contributed by atoms with Gasteiger partial charge in [-0.1, -0.05) is 43.3 Å². The van der Waals surface area contributed by atoms with Crippen molar-refractivity contribution in [3.8, 4) is 5.69 Å². The standard InChI is InChI=1S/C25H25N5O2S/c1-17-8-7-13-29(14-17)15-18-16-33-25(26-18)27-23(31)22-20-11-5-6-12-21(20)24(32)30(28-22)19-9-3-2-4-10-19/h2-6,9-12,16-17H,7-8,13-15H2,1H3,(H,26,27,31). The van der Waals surface area contributed by atoms with Crippen LogP contribution in [0.25, 0.3) is 16.5 Å². The van der Waals surface area contributed by atoms with Crippen molar-refractivity contribution < 1.29 is 4.79 Å². The third-order valence-electron chi connectivity index (χ3n) is 5.92. The second kappa shape index (κ2) is 9.25. The minimum absolute atomic E-state index is 0.190. The molecule has 0 saturated carbocycles. The maximum Gasteiger partial charge on any atom is 0.279 e. The zero-order valence-electron chi connectivity index (χ0n) is 18.4. The van der Waals surface area contributed by atoms with Gasteiger partial charge in [0.25, 0.3) is 11.5 Å². The minimum atomic E-state index is -0.386. The van der Waals surface area contributed by atoms with Crippen molar-refractivity contribution in [2.24, 2.45) is 5.92 Å². The topological polar surface area (TPSA) is 80.1 Å². The smallest absolute Gasteiger partial charge is 0.279 e. The number of thiazole rings is 1. The maximum absolute atomic E-state index is 13.2. The molecular weight excluding hydrogens is 434 g/mol. The molecule has 3 heterocycles. The summed E-state index contributed by atoms with van der Waals surface area (Å²) in [7, 11) is 0. The number of carbonyl (C=O) groups is 1. The van der Waals surface area contributed by atoms with Crippen molar-refractivity contribution in [1.29, 1.82) is 0 Å². The number of nitrogens with zero attached hydrogens (tertiary/aromatic N) is 4. The van der Waals surface area contributed by atoms with E-state index in [-0.39, 0.29) is 17.2 Å². The van der Waals surface area contributed by atoms with Gasteiger partial charge in [0.1, 0.15) is 0 Å². The van der Waals surface area contributed by atoms with Crippen LogP contribution in [0.15, 0.2) is 64.8 Å². The molecule has 1 unspecified atom stereocenters. The number of piperidine rings is 1. The number of hydrogen-bond acceptors (Lipinski definition) is 6. The number of anilines is 1. The van der Waals surface area contributed by atoms with Gasteiger partial charge in [-0.25, -0.2) is 4.98 Å². The van der Waals surface area contributed by atoms with Gasteiger partial charge in [0.05, 0.1) is 16.8 Å². The Bertz CT molecular complexity index is 1350. The molecule has 1 aliphatic heterocycles. The predicted octanol–water partition coefficient (Wildman–Crippen LogP) is 4.33. The number of aromatic nitrogens is 3. The summed E-state index contributed by atoms with van der Waals surface area (Å²) in [4.78, 5) is 33.3. The molecule has 1 aliphatic rings. The highest BCUT2D eigenvalue weighted by Crippen LogP contribution is 2.22. The molecule has 33 heavy (non-hydrogen) atoms. The van der Waals surface area contributed by atoms with Gasteiger partial charge in [0.2, 0.25) is 0 Å². The molecule has 7 nitrogen and oxygen atoms in total. The van der Waals surface area contributed by atoms with E-state index in [9.17, 15) is 9.59 Å². The Labute approximate surface area is 195 Å². The third kappa shape index (κ3) is 4.58. The highest BCUT2D eigenvalue weighted by Gasteiger charge is 2.20. The number of carbonyl (C=O) groups excluding carboxylic acids is 1. The summed E-state index contributed by atoms with van der Waals surface area (Å²) >= 11 is 1.41. The van der Waals surface area contributed by atoms with Crippen LogP contribution in [0.2, 0.25) is 0 Å². The lowest BCUT2D eigenvalue weighted by Crippen LogP contribution is -2.33. The fourth-order valence-corrected chi connectivity index (χ4v) is 5.05. The Kier molecular flexibility index (Phi) is 6.02. The Hall–Kier alpha value is -3.36. The lowest BCUT2D eigenvalue weighted by molar-refractivity contribution is 0.102. The van der Waals surface area contributed by atoms with Crippen LogP contribution in [0.1, 0.15) is 35.9 Å². The molecule has 2 aromatic carbocycles. The van der Waals surface area contributed by atoms with Gasteiger partial charge in [-0.2, -0.15) is 9.78 Å². The number of amides is 1. The van der Waals surface area contributed by atoms with Crippen LogP contribution in [0.5, 0.6) is 0 Å². The quantitative estimate of drug-likeness (QED) is 0.481. The van der Waals surface area contributed by atoms with Gasteiger partial charge in [0.15, 0.2) is 10.8 Å². The van der Waals surface area contributed by atoms with Crippen molar-refractivity contribution in [1.82, 2.24) is 19.7 Å². The van der Waals surface area contributed by atoms with E-state index in [4.69, 9.17) is 0 Å². The fourth-order valence-electron chi connectivity index (χ4n) is 4.35. The van der Waals surface area contributed by atoms with Gasteiger partial charge < -0.3 is 0 Å². The largest absolute Gasteiger partial charge is 0.297 e. The number of nitrogens with one attached hydrogen (secondary N) is 1. The summed E-state index contributed by atoms with van der Waals surface area (Å²) in [6.07, 6.45) is 2.49. The van der Waals surface area contributed by atoms with Gasteiger partial charge in [-0.15, -0.1) is 11.3 Å². The molecule has 1 atom stereocenters. The summed E-state index contributed by atoms with van der Waals surface area (Å²) in [6.45, 7) is 5.23. The molecule has 1 N–H and O–H groups in total. The second-order valence-electron chi connectivity index (χ2n) is 8.53. The van der Waals surface area contributed by atoms with E-state index < -0.39 is 0 Å². The van der Waals surface area contributed by atoms with E-state index in [1.807, 2.05) is 23.6 Å².